The summed E-state index contributed by atoms with van der Waals surface area (Å²) in [6.45, 7) is 0. The minimum absolute atomic E-state index is 0.116. The Bertz CT molecular complexity index is 1160. The summed E-state index contributed by atoms with van der Waals surface area (Å²) >= 11 is 0. The number of halogens is 3. The molecule has 0 aliphatic rings. The zero-order valence-corrected chi connectivity index (χ0v) is 16.1. The van der Waals surface area contributed by atoms with Crippen molar-refractivity contribution in [1.82, 2.24) is 4.72 Å². The lowest BCUT2D eigenvalue weighted by molar-refractivity contribution is -0.274. The molecule has 0 fully saturated rings. The van der Waals surface area contributed by atoms with Crippen LogP contribution in [-0.4, -0.2) is 31.9 Å². The molecule has 3 aromatic rings. The van der Waals surface area contributed by atoms with Crippen molar-refractivity contribution in [3.05, 3.63) is 72.3 Å². The molecular formula is C20H16F3NO5S. The van der Waals surface area contributed by atoms with E-state index in [4.69, 9.17) is 0 Å². The van der Waals surface area contributed by atoms with Crippen LogP contribution in [0.1, 0.15) is 5.56 Å². The molecule has 0 saturated heterocycles. The molecule has 1 atom stereocenters. The molecule has 0 spiro atoms. The predicted molar refractivity (Wildman–Crippen MR) is 103 cm³/mol. The molecule has 3 aromatic carbocycles. The molecule has 0 heterocycles. The van der Waals surface area contributed by atoms with E-state index >= 15 is 0 Å². The van der Waals surface area contributed by atoms with Gasteiger partial charge in [0, 0.05) is 0 Å². The summed E-state index contributed by atoms with van der Waals surface area (Å²) in [5, 5.41) is 11.3. The fourth-order valence-electron chi connectivity index (χ4n) is 2.86. The highest BCUT2D eigenvalue weighted by molar-refractivity contribution is 7.89. The van der Waals surface area contributed by atoms with Gasteiger partial charge in [0.1, 0.15) is 11.8 Å². The van der Waals surface area contributed by atoms with Gasteiger partial charge in [-0.2, -0.15) is 4.72 Å². The Balaban J connectivity index is 1.78. The van der Waals surface area contributed by atoms with E-state index in [1.165, 1.54) is 0 Å². The number of rotatable bonds is 7. The summed E-state index contributed by atoms with van der Waals surface area (Å²) in [6.07, 6.45) is -5.03. The first-order valence-electron chi connectivity index (χ1n) is 8.62. The Morgan fingerprint density at radius 1 is 1.00 bits per heavy atom. The average molecular weight is 439 g/mol. The van der Waals surface area contributed by atoms with Gasteiger partial charge in [-0.25, -0.2) is 8.42 Å². The second kappa shape index (κ2) is 8.33. The lowest BCUT2D eigenvalue weighted by atomic mass is 10.0. The van der Waals surface area contributed by atoms with Gasteiger partial charge < -0.3 is 9.84 Å². The van der Waals surface area contributed by atoms with E-state index in [-0.39, 0.29) is 11.3 Å². The van der Waals surface area contributed by atoms with Gasteiger partial charge in [0.05, 0.1) is 4.90 Å². The van der Waals surface area contributed by atoms with Crippen LogP contribution in [0.4, 0.5) is 13.2 Å². The molecule has 0 aliphatic heterocycles. The second-order valence-corrected chi connectivity index (χ2v) is 8.13. The number of hydrogen-bond acceptors (Lipinski definition) is 4. The van der Waals surface area contributed by atoms with Crippen molar-refractivity contribution in [2.75, 3.05) is 0 Å². The molecule has 0 aromatic heterocycles. The first-order valence-corrected chi connectivity index (χ1v) is 10.1. The normalized spacial score (nSPS) is 13.2. The van der Waals surface area contributed by atoms with Crippen LogP contribution >= 0.6 is 0 Å². The number of hydrogen-bond donors (Lipinski definition) is 2. The maximum atomic E-state index is 12.5. The van der Waals surface area contributed by atoms with E-state index in [9.17, 15) is 31.5 Å². The van der Waals surface area contributed by atoms with Crippen LogP contribution in [-0.2, 0) is 21.2 Å². The minimum atomic E-state index is -4.91. The lowest BCUT2D eigenvalue weighted by Crippen LogP contribution is -2.42. The highest BCUT2D eigenvalue weighted by Gasteiger charge is 2.31. The third-order valence-electron chi connectivity index (χ3n) is 4.22. The SMILES string of the molecule is O=C(O)C(Cc1ccc2ccccc2c1)NS(=O)(=O)c1ccc(OC(F)(F)F)cc1. The van der Waals surface area contributed by atoms with Crippen LogP contribution in [0.3, 0.4) is 0 Å². The van der Waals surface area contributed by atoms with Crippen molar-refractivity contribution in [3.63, 3.8) is 0 Å². The van der Waals surface area contributed by atoms with Crippen molar-refractivity contribution in [3.8, 4) is 5.75 Å². The van der Waals surface area contributed by atoms with Gasteiger partial charge in [-0.3, -0.25) is 4.79 Å². The summed E-state index contributed by atoms with van der Waals surface area (Å²) in [6, 6.07) is 14.7. The Morgan fingerprint density at radius 2 is 1.63 bits per heavy atom. The summed E-state index contributed by atoms with van der Waals surface area (Å²) in [4.78, 5) is 11.2. The van der Waals surface area contributed by atoms with E-state index < -0.39 is 34.1 Å². The van der Waals surface area contributed by atoms with E-state index in [0.29, 0.717) is 5.56 Å². The molecule has 0 bridgehead atoms. The lowest BCUT2D eigenvalue weighted by Gasteiger charge is -2.16. The van der Waals surface area contributed by atoms with E-state index in [0.717, 1.165) is 35.0 Å². The fourth-order valence-corrected chi connectivity index (χ4v) is 4.05. The van der Waals surface area contributed by atoms with Crippen LogP contribution in [0.2, 0.25) is 0 Å². The molecule has 6 nitrogen and oxygen atoms in total. The second-order valence-electron chi connectivity index (χ2n) is 6.42. The molecule has 1 unspecified atom stereocenters. The number of carboxylic acid groups (broad SMARTS) is 1. The van der Waals surface area contributed by atoms with Crippen LogP contribution in [0, 0.1) is 0 Å². The summed E-state index contributed by atoms with van der Waals surface area (Å²) in [5.41, 5.74) is 0.609. The number of nitrogens with one attached hydrogen (secondary N) is 1. The van der Waals surface area contributed by atoms with Gasteiger partial charge in [0.15, 0.2) is 0 Å². The molecular weight excluding hydrogens is 423 g/mol. The smallest absolute Gasteiger partial charge is 0.480 e. The number of aliphatic carboxylic acids is 1. The summed E-state index contributed by atoms with van der Waals surface area (Å²) < 4.78 is 67.5. The summed E-state index contributed by atoms with van der Waals surface area (Å²) in [5.74, 6) is -1.98. The summed E-state index contributed by atoms with van der Waals surface area (Å²) in [7, 11) is -4.30. The zero-order chi connectivity index (χ0) is 21.9. The van der Waals surface area contributed by atoms with Crippen LogP contribution in [0.15, 0.2) is 71.6 Å². The van der Waals surface area contributed by atoms with E-state index in [2.05, 4.69) is 9.46 Å². The van der Waals surface area contributed by atoms with E-state index in [1.807, 2.05) is 24.3 Å². The maximum absolute atomic E-state index is 12.5. The molecule has 0 saturated carbocycles. The Kier molecular flexibility index (Phi) is 5.99. The molecule has 0 radical (unpaired) electrons. The average Bonchev–Trinajstić information content (AvgIpc) is 2.66. The van der Waals surface area contributed by atoms with Crippen molar-refractivity contribution >= 4 is 26.8 Å². The number of benzene rings is 3. The molecule has 0 aliphatic carbocycles. The maximum Gasteiger partial charge on any atom is 0.573 e. The Labute approximate surface area is 170 Å². The van der Waals surface area contributed by atoms with Crippen LogP contribution in [0.5, 0.6) is 5.75 Å². The number of carboxylic acids is 1. The van der Waals surface area contributed by atoms with Gasteiger partial charge >= 0.3 is 12.3 Å². The van der Waals surface area contributed by atoms with E-state index in [1.54, 1.807) is 18.2 Å². The Morgan fingerprint density at radius 3 is 2.23 bits per heavy atom. The van der Waals surface area contributed by atoms with Crippen molar-refractivity contribution in [2.45, 2.75) is 23.7 Å². The first-order chi connectivity index (χ1) is 14.0. The quantitative estimate of drug-likeness (QED) is 0.586. The van der Waals surface area contributed by atoms with Gasteiger partial charge in [0.2, 0.25) is 10.0 Å². The molecule has 2 N–H and O–H groups in total. The highest BCUT2D eigenvalue weighted by Crippen LogP contribution is 2.24. The number of fused-ring (bicyclic) bond motifs is 1. The fraction of sp³-hybridized carbons (Fsp3) is 0.150. The standard InChI is InChI=1S/C20H16F3NO5S/c21-20(22,23)29-16-7-9-17(10-8-16)30(27,28)24-18(19(25)26)12-13-5-6-14-3-1-2-4-15(14)11-13/h1-11,18,24H,12H2,(H,25,26). The van der Waals surface area contributed by atoms with Gasteiger partial charge in [0.25, 0.3) is 0 Å². The number of sulfonamides is 1. The van der Waals surface area contributed by atoms with Gasteiger partial charge in [-0.1, -0.05) is 42.5 Å². The Hall–Kier alpha value is -3.11. The predicted octanol–water partition coefficient (Wildman–Crippen LogP) is 3.71. The molecule has 30 heavy (non-hydrogen) atoms. The first kappa shape index (κ1) is 21.6. The van der Waals surface area contributed by atoms with Crippen molar-refractivity contribution in [2.24, 2.45) is 0 Å². The monoisotopic (exact) mass is 439 g/mol. The minimum Gasteiger partial charge on any atom is -0.480 e. The molecule has 10 heteroatoms. The third-order valence-corrected chi connectivity index (χ3v) is 5.70. The molecule has 0 amide bonds. The third kappa shape index (κ3) is 5.49. The largest absolute Gasteiger partial charge is 0.573 e. The van der Waals surface area contributed by atoms with Crippen LogP contribution in [0.25, 0.3) is 10.8 Å². The zero-order valence-electron chi connectivity index (χ0n) is 15.3. The van der Waals surface area contributed by atoms with Crippen LogP contribution < -0.4 is 9.46 Å². The van der Waals surface area contributed by atoms with Crippen molar-refractivity contribution in [1.29, 1.82) is 0 Å². The van der Waals surface area contributed by atoms with Crippen molar-refractivity contribution < 1.29 is 36.2 Å². The van der Waals surface area contributed by atoms with Gasteiger partial charge in [-0.15, -0.1) is 13.2 Å². The number of ether oxygens (including phenoxy) is 1. The number of carbonyl (C=O) groups is 1. The number of alkyl halides is 3. The molecule has 158 valence electrons. The van der Waals surface area contributed by atoms with Gasteiger partial charge in [-0.05, 0) is 47.0 Å². The topological polar surface area (TPSA) is 92.7 Å². The highest BCUT2D eigenvalue weighted by atomic mass is 32.2. The molecule has 3 rings (SSSR count).